The molecule has 0 amide bonds. The van der Waals surface area contributed by atoms with Crippen LogP contribution in [0.5, 0.6) is 0 Å². The maximum Gasteiger partial charge on any atom is 0.0657 e. The molecule has 0 saturated carbocycles. The van der Waals surface area contributed by atoms with Gasteiger partial charge in [0, 0.05) is 11.6 Å². The van der Waals surface area contributed by atoms with E-state index in [2.05, 4.69) is 46.4 Å². The van der Waals surface area contributed by atoms with Crippen LogP contribution in [0.3, 0.4) is 0 Å². The molecule has 2 fully saturated rings. The standard InChI is InChI=1S/C17H33NO2/c1-15(2,3)19-12-14-8-10-17(9-7-11-18(14)17)13-20-16(4,5)6/h14H,7-13H2,1-6H3. The van der Waals surface area contributed by atoms with Crippen LogP contribution in [0.25, 0.3) is 0 Å². The second-order valence-corrected chi connectivity index (χ2v) is 8.54. The van der Waals surface area contributed by atoms with E-state index in [1.165, 1.54) is 32.2 Å². The Hall–Kier alpha value is -0.120. The van der Waals surface area contributed by atoms with Crippen molar-refractivity contribution in [2.75, 3.05) is 19.8 Å². The van der Waals surface area contributed by atoms with Gasteiger partial charge in [-0.3, -0.25) is 4.90 Å². The van der Waals surface area contributed by atoms with E-state index < -0.39 is 0 Å². The SMILES string of the molecule is CC(C)(C)OCC1CCC2(COC(C)(C)C)CCCN12. The monoisotopic (exact) mass is 283 g/mol. The minimum Gasteiger partial charge on any atom is -0.374 e. The fourth-order valence-corrected chi connectivity index (χ4v) is 3.49. The molecule has 118 valence electrons. The Labute approximate surface area is 125 Å². The minimum atomic E-state index is -0.0387. The molecule has 2 rings (SSSR count). The maximum atomic E-state index is 6.13. The smallest absolute Gasteiger partial charge is 0.0657 e. The third-order valence-corrected chi connectivity index (χ3v) is 4.52. The highest BCUT2D eigenvalue weighted by Crippen LogP contribution is 2.43. The molecule has 2 heterocycles. The number of nitrogens with zero attached hydrogens (tertiary/aromatic N) is 1. The third kappa shape index (κ3) is 3.96. The van der Waals surface area contributed by atoms with Crippen molar-refractivity contribution >= 4 is 0 Å². The first kappa shape index (κ1) is 16.3. The molecular formula is C17H33NO2. The molecule has 0 aliphatic carbocycles. The summed E-state index contributed by atoms with van der Waals surface area (Å²) in [5.41, 5.74) is 0.217. The average Bonchev–Trinajstić information content (AvgIpc) is 2.80. The number of hydrogen-bond donors (Lipinski definition) is 0. The molecule has 0 aromatic carbocycles. The number of fused-ring (bicyclic) bond motifs is 1. The second kappa shape index (κ2) is 5.58. The van der Waals surface area contributed by atoms with Crippen LogP contribution >= 0.6 is 0 Å². The van der Waals surface area contributed by atoms with Gasteiger partial charge < -0.3 is 9.47 Å². The van der Waals surface area contributed by atoms with Crippen molar-refractivity contribution in [1.82, 2.24) is 4.90 Å². The van der Waals surface area contributed by atoms with Crippen molar-refractivity contribution in [2.24, 2.45) is 0 Å². The van der Waals surface area contributed by atoms with Crippen molar-refractivity contribution in [2.45, 2.75) is 90.0 Å². The maximum absolute atomic E-state index is 6.13. The lowest BCUT2D eigenvalue weighted by atomic mass is 9.95. The Morgan fingerprint density at radius 3 is 2.25 bits per heavy atom. The fourth-order valence-electron chi connectivity index (χ4n) is 3.49. The van der Waals surface area contributed by atoms with Gasteiger partial charge >= 0.3 is 0 Å². The molecule has 2 aliphatic heterocycles. The molecule has 2 saturated heterocycles. The summed E-state index contributed by atoms with van der Waals surface area (Å²) in [5, 5.41) is 0. The predicted octanol–water partition coefficient (Wildman–Crippen LogP) is 3.61. The van der Waals surface area contributed by atoms with Gasteiger partial charge in [0.05, 0.1) is 24.4 Å². The molecule has 0 aromatic heterocycles. The number of ether oxygens (including phenoxy) is 2. The molecule has 3 heteroatoms. The molecule has 3 nitrogen and oxygen atoms in total. The van der Waals surface area contributed by atoms with Crippen LogP contribution in [0.15, 0.2) is 0 Å². The van der Waals surface area contributed by atoms with Gasteiger partial charge in [-0.25, -0.2) is 0 Å². The van der Waals surface area contributed by atoms with E-state index in [9.17, 15) is 0 Å². The highest BCUT2D eigenvalue weighted by molar-refractivity contribution is 5.04. The topological polar surface area (TPSA) is 21.7 Å². The van der Waals surface area contributed by atoms with Gasteiger partial charge in [0.15, 0.2) is 0 Å². The van der Waals surface area contributed by atoms with E-state index in [0.29, 0.717) is 11.6 Å². The van der Waals surface area contributed by atoms with Gasteiger partial charge in [0.25, 0.3) is 0 Å². The minimum absolute atomic E-state index is 0.0348. The molecule has 0 N–H and O–H groups in total. The predicted molar refractivity (Wildman–Crippen MR) is 83.1 cm³/mol. The third-order valence-electron chi connectivity index (χ3n) is 4.52. The first-order valence-corrected chi connectivity index (χ1v) is 8.16. The summed E-state index contributed by atoms with van der Waals surface area (Å²) in [7, 11) is 0. The summed E-state index contributed by atoms with van der Waals surface area (Å²) in [5.74, 6) is 0. The van der Waals surface area contributed by atoms with Crippen LogP contribution in [0.2, 0.25) is 0 Å². The summed E-state index contributed by atoms with van der Waals surface area (Å²) < 4.78 is 12.2. The molecule has 2 aliphatic rings. The number of rotatable bonds is 4. The Kier molecular flexibility index (Phi) is 4.54. The molecule has 2 atom stereocenters. The fraction of sp³-hybridized carbons (Fsp3) is 1.00. The van der Waals surface area contributed by atoms with Gasteiger partial charge in [-0.05, 0) is 73.8 Å². The quantitative estimate of drug-likeness (QED) is 0.786. The molecule has 0 radical (unpaired) electrons. The summed E-state index contributed by atoms with van der Waals surface area (Å²) in [6.07, 6.45) is 5.11. The van der Waals surface area contributed by atoms with E-state index in [0.717, 1.165) is 13.2 Å². The lowest BCUT2D eigenvalue weighted by Gasteiger charge is -2.37. The highest BCUT2D eigenvalue weighted by Gasteiger charge is 2.49. The zero-order valence-corrected chi connectivity index (χ0v) is 14.3. The first-order chi connectivity index (χ1) is 9.11. The molecule has 0 bridgehead atoms. The van der Waals surface area contributed by atoms with E-state index in [-0.39, 0.29) is 11.2 Å². The summed E-state index contributed by atoms with van der Waals surface area (Å²) >= 11 is 0. The van der Waals surface area contributed by atoms with Gasteiger partial charge in [0.2, 0.25) is 0 Å². The molecule has 20 heavy (non-hydrogen) atoms. The van der Waals surface area contributed by atoms with Crippen LogP contribution in [-0.4, -0.2) is 47.4 Å². The van der Waals surface area contributed by atoms with Gasteiger partial charge in [-0.15, -0.1) is 0 Å². The lowest BCUT2D eigenvalue weighted by molar-refractivity contribution is -0.0706. The summed E-state index contributed by atoms with van der Waals surface area (Å²) in [6, 6.07) is 0.584. The van der Waals surface area contributed by atoms with Crippen LogP contribution in [0.4, 0.5) is 0 Å². The van der Waals surface area contributed by atoms with Crippen molar-refractivity contribution in [3.63, 3.8) is 0 Å². The van der Waals surface area contributed by atoms with Crippen LogP contribution in [0, 0.1) is 0 Å². The summed E-state index contributed by atoms with van der Waals surface area (Å²) in [6.45, 7) is 15.8. The first-order valence-electron chi connectivity index (χ1n) is 8.16. The van der Waals surface area contributed by atoms with Crippen molar-refractivity contribution in [3.05, 3.63) is 0 Å². The van der Waals surface area contributed by atoms with Crippen molar-refractivity contribution in [1.29, 1.82) is 0 Å². The summed E-state index contributed by atoms with van der Waals surface area (Å²) in [4.78, 5) is 2.68. The Balaban J connectivity index is 1.94. The van der Waals surface area contributed by atoms with E-state index in [4.69, 9.17) is 9.47 Å². The molecular weight excluding hydrogens is 250 g/mol. The zero-order chi connectivity index (χ0) is 15.0. The Morgan fingerprint density at radius 1 is 1.00 bits per heavy atom. The van der Waals surface area contributed by atoms with E-state index >= 15 is 0 Å². The van der Waals surface area contributed by atoms with Crippen LogP contribution in [-0.2, 0) is 9.47 Å². The van der Waals surface area contributed by atoms with E-state index in [1.807, 2.05) is 0 Å². The molecule has 0 aromatic rings. The second-order valence-electron chi connectivity index (χ2n) is 8.54. The lowest BCUT2D eigenvalue weighted by Crippen LogP contribution is -2.48. The molecule has 0 spiro atoms. The van der Waals surface area contributed by atoms with Gasteiger partial charge in [-0.1, -0.05) is 0 Å². The normalized spacial score (nSPS) is 31.8. The van der Waals surface area contributed by atoms with E-state index in [1.54, 1.807) is 0 Å². The Morgan fingerprint density at radius 2 is 1.65 bits per heavy atom. The largest absolute Gasteiger partial charge is 0.374 e. The van der Waals surface area contributed by atoms with Crippen LogP contribution < -0.4 is 0 Å². The number of hydrogen-bond acceptors (Lipinski definition) is 3. The zero-order valence-electron chi connectivity index (χ0n) is 14.3. The molecule has 2 unspecified atom stereocenters. The van der Waals surface area contributed by atoms with Gasteiger partial charge in [-0.2, -0.15) is 0 Å². The highest BCUT2D eigenvalue weighted by atomic mass is 16.5. The van der Waals surface area contributed by atoms with Gasteiger partial charge in [0.1, 0.15) is 0 Å². The van der Waals surface area contributed by atoms with Crippen LogP contribution in [0.1, 0.15) is 67.2 Å². The van der Waals surface area contributed by atoms with Crippen molar-refractivity contribution in [3.8, 4) is 0 Å². The average molecular weight is 283 g/mol. The van der Waals surface area contributed by atoms with Crippen molar-refractivity contribution < 1.29 is 9.47 Å². The Bertz CT molecular complexity index is 329.